The highest BCUT2D eigenvalue weighted by atomic mass is 35.5. The highest BCUT2D eigenvalue weighted by molar-refractivity contribution is 6.42. The molecule has 0 amide bonds. The van der Waals surface area contributed by atoms with Crippen molar-refractivity contribution in [2.75, 3.05) is 13.4 Å². The maximum Gasteiger partial charge on any atom is 0.379 e. The fraction of sp³-hybridized carbons (Fsp3) is 0.429. The van der Waals surface area contributed by atoms with E-state index in [2.05, 4.69) is 0 Å². The SMILES string of the molecule is CCOC(=O)C(=O)c1cc(Cl)c2c(c1C(C)C)OCO2. The zero-order chi connectivity index (χ0) is 14.9. The topological polar surface area (TPSA) is 61.8 Å². The Labute approximate surface area is 121 Å². The van der Waals surface area contributed by atoms with Crippen molar-refractivity contribution in [3.63, 3.8) is 0 Å². The van der Waals surface area contributed by atoms with Crippen LogP contribution in [-0.4, -0.2) is 25.2 Å². The summed E-state index contributed by atoms with van der Waals surface area (Å²) in [5.74, 6) is -0.813. The number of Topliss-reactive ketones (excluding diaryl/α,β-unsaturated/α-hetero) is 1. The Kier molecular flexibility index (Phi) is 4.18. The molecule has 0 N–H and O–H groups in total. The molecule has 1 aliphatic rings. The lowest BCUT2D eigenvalue weighted by molar-refractivity contribution is -0.137. The number of halogens is 1. The van der Waals surface area contributed by atoms with Gasteiger partial charge in [-0.3, -0.25) is 4.79 Å². The predicted octanol–water partition coefficient (Wildman–Crippen LogP) is 2.94. The normalized spacial score (nSPS) is 12.7. The highest BCUT2D eigenvalue weighted by Crippen LogP contribution is 2.46. The van der Waals surface area contributed by atoms with Crippen LogP contribution in [0.5, 0.6) is 11.5 Å². The Morgan fingerprint density at radius 3 is 2.60 bits per heavy atom. The second-order valence-electron chi connectivity index (χ2n) is 4.59. The van der Waals surface area contributed by atoms with Crippen molar-refractivity contribution in [1.29, 1.82) is 0 Å². The molecule has 0 fully saturated rings. The number of esters is 1. The van der Waals surface area contributed by atoms with E-state index >= 15 is 0 Å². The molecule has 6 heteroatoms. The summed E-state index contributed by atoms with van der Waals surface area (Å²) in [4.78, 5) is 23.8. The second-order valence-corrected chi connectivity index (χ2v) is 5.00. The Balaban J connectivity index is 2.56. The molecule has 0 spiro atoms. The molecule has 0 atom stereocenters. The number of fused-ring (bicyclic) bond motifs is 1. The third-order valence-electron chi connectivity index (χ3n) is 2.92. The van der Waals surface area contributed by atoms with Gasteiger partial charge in [0.25, 0.3) is 5.78 Å². The molecule has 108 valence electrons. The molecule has 1 aliphatic heterocycles. The standard InChI is InChI=1S/C14H15ClO5/c1-4-18-14(17)11(16)8-5-9(15)12-13(20-6-19-12)10(8)7(2)3/h5,7H,4,6H2,1-3H3. The fourth-order valence-electron chi connectivity index (χ4n) is 2.12. The first kappa shape index (κ1) is 14.7. The van der Waals surface area contributed by atoms with E-state index in [0.717, 1.165) is 0 Å². The fourth-order valence-corrected chi connectivity index (χ4v) is 2.37. The maximum absolute atomic E-state index is 12.2. The molecule has 1 heterocycles. The van der Waals surface area contributed by atoms with Gasteiger partial charge in [-0.1, -0.05) is 25.4 Å². The average molecular weight is 299 g/mol. The van der Waals surface area contributed by atoms with Gasteiger partial charge in [0.2, 0.25) is 6.79 Å². The van der Waals surface area contributed by atoms with Gasteiger partial charge in [0.15, 0.2) is 11.5 Å². The molecule has 0 saturated carbocycles. The van der Waals surface area contributed by atoms with Crippen LogP contribution in [0.4, 0.5) is 0 Å². The summed E-state index contributed by atoms with van der Waals surface area (Å²) in [7, 11) is 0. The van der Waals surface area contributed by atoms with Crippen molar-refractivity contribution in [3.05, 3.63) is 22.2 Å². The number of carbonyl (C=O) groups excluding carboxylic acids is 2. The van der Waals surface area contributed by atoms with Gasteiger partial charge in [0, 0.05) is 11.1 Å². The summed E-state index contributed by atoms with van der Waals surface area (Å²) in [6.07, 6.45) is 0. The number of ether oxygens (including phenoxy) is 3. The molecular weight excluding hydrogens is 284 g/mol. The summed E-state index contributed by atoms with van der Waals surface area (Å²) in [6, 6.07) is 1.43. The van der Waals surface area contributed by atoms with E-state index < -0.39 is 11.8 Å². The van der Waals surface area contributed by atoms with Gasteiger partial charge in [0.1, 0.15) is 0 Å². The molecule has 0 radical (unpaired) electrons. The quantitative estimate of drug-likeness (QED) is 0.486. The van der Waals surface area contributed by atoms with Crippen LogP contribution in [0.3, 0.4) is 0 Å². The molecular formula is C14H15ClO5. The van der Waals surface area contributed by atoms with Gasteiger partial charge in [-0.25, -0.2) is 4.79 Å². The van der Waals surface area contributed by atoms with E-state index in [4.69, 9.17) is 25.8 Å². The lowest BCUT2D eigenvalue weighted by Crippen LogP contribution is -2.19. The number of benzene rings is 1. The first-order chi connectivity index (χ1) is 9.47. The molecule has 0 saturated heterocycles. The minimum Gasteiger partial charge on any atom is -0.460 e. The van der Waals surface area contributed by atoms with Gasteiger partial charge in [-0.2, -0.15) is 0 Å². The van der Waals surface area contributed by atoms with Crippen LogP contribution < -0.4 is 9.47 Å². The molecule has 0 bridgehead atoms. The third kappa shape index (κ3) is 2.45. The smallest absolute Gasteiger partial charge is 0.379 e. The summed E-state index contributed by atoms with van der Waals surface area (Å²) in [5.41, 5.74) is 0.813. The minimum absolute atomic E-state index is 0.0314. The molecule has 1 aromatic carbocycles. The van der Waals surface area contributed by atoms with E-state index in [0.29, 0.717) is 17.1 Å². The summed E-state index contributed by atoms with van der Waals surface area (Å²) in [6.45, 7) is 5.62. The van der Waals surface area contributed by atoms with Crippen LogP contribution in [0.15, 0.2) is 6.07 Å². The Bertz CT molecular complexity index is 565. The van der Waals surface area contributed by atoms with Crippen molar-refractivity contribution in [2.45, 2.75) is 26.7 Å². The van der Waals surface area contributed by atoms with Crippen LogP contribution >= 0.6 is 11.6 Å². The largest absolute Gasteiger partial charge is 0.460 e. The van der Waals surface area contributed by atoms with Crippen molar-refractivity contribution in [3.8, 4) is 11.5 Å². The van der Waals surface area contributed by atoms with E-state index in [1.165, 1.54) is 6.07 Å². The molecule has 5 nitrogen and oxygen atoms in total. The first-order valence-corrected chi connectivity index (χ1v) is 6.68. The molecule has 0 aliphatic carbocycles. The Morgan fingerprint density at radius 2 is 2.00 bits per heavy atom. The zero-order valence-electron chi connectivity index (χ0n) is 11.5. The number of hydrogen-bond acceptors (Lipinski definition) is 5. The number of hydrogen-bond donors (Lipinski definition) is 0. The molecule has 20 heavy (non-hydrogen) atoms. The average Bonchev–Trinajstić information content (AvgIpc) is 2.87. The van der Waals surface area contributed by atoms with Crippen LogP contribution in [0.2, 0.25) is 5.02 Å². The van der Waals surface area contributed by atoms with E-state index in [1.807, 2.05) is 13.8 Å². The first-order valence-electron chi connectivity index (χ1n) is 6.30. The highest BCUT2D eigenvalue weighted by Gasteiger charge is 2.31. The Hall–Kier alpha value is -1.75. The molecule has 1 aromatic rings. The van der Waals surface area contributed by atoms with Crippen molar-refractivity contribution >= 4 is 23.4 Å². The monoisotopic (exact) mass is 298 g/mol. The number of carbonyl (C=O) groups is 2. The minimum atomic E-state index is -0.899. The maximum atomic E-state index is 12.2. The Morgan fingerprint density at radius 1 is 1.35 bits per heavy atom. The third-order valence-corrected chi connectivity index (χ3v) is 3.20. The molecule has 0 unspecified atom stereocenters. The van der Waals surface area contributed by atoms with E-state index in [1.54, 1.807) is 6.92 Å². The van der Waals surface area contributed by atoms with Gasteiger partial charge in [-0.15, -0.1) is 0 Å². The van der Waals surface area contributed by atoms with Crippen LogP contribution in [0.1, 0.15) is 42.6 Å². The van der Waals surface area contributed by atoms with Gasteiger partial charge in [-0.05, 0) is 18.9 Å². The zero-order valence-corrected chi connectivity index (χ0v) is 12.2. The van der Waals surface area contributed by atoms with Crippen molar-refractivity contribution < 1.29 is 23.8 Å². The number of ketones is 1. The lowest BCUT2D eigenvalue weighted by Gasteiger charge is -2.15. The number of rotatable bonds is 4. The summed E-state index contributed by atoms with van der Waals surface area (Å²) < 4.78 is 15.4. The van der Waals surface area contributed by atoms with Crippen LogP contribution in [-0.2, 0) is 9.53 Å². The van der Waals surface area contributed by atoms with E-state index in [-0.39, 0.29) is 29.9 Å². The van der Waals surface area contributed by atoms with Gasteiger partial charge in [0.05, 0.1) is 11.6 Å². The van der Waals surface area contributed by atoms with Crippen LogP contribution in [0.25, 0.3) is 0 Å². The predicted molar refractivity (Wildman–Crippen MR) is 72.6 cm³/mol. The van der Waals surface area contributed by atoms with Gasteiger partial charge >= 0.3 is 5.97 Å². The summed E-state index contributed by atoms with van der Waals surface area (Å²) in [5, 5.41) is 0.245. The van der Waals surface area contributed by atoms with Crippen LogP contribution in [0, 0.1) is 0 Å². The second kappa shape index (κ2) is 5.71. The molecule has 0 aromatic heterocycles. The van der Waals surface area contributed by atoms with Gasteiger partial charge < -0.3 is 14.2 Å². The lowest BCUT2D eigenvalue weighted by atomic mass is 9.93. The van der Waals surface area contributed by atoms with E-state index in [9.17, 15) is 9.59 Å². The summed E-state index contributed by atoms with van der Waals surface area (Å²) >= 11 is 6.07. The van der Waals surface area contributed by atoms with Crippen molar-refractivity contribution in [1.82, 2.24) is 0 Å². The van der Waals surface area contributed by atoms with Crippen molar-refractivity contribution in [2.24, 2.45) is 0 Å². The molecule has 2 rings (SSSR count).